The first kappa shape index (κ1) is 17.5. The molecule has 3 aliphatic carbocycles. The largest absolute Gasteiger partial charge is 0.457 e. The fraction of sp³-hybridized carbons (Fsp3) is 0.231. The molecule has 1 heterocycles. The second-order valence-electron chi connectivity index (χ2n) is 8.77. The average molecular weight is 395 g/mol. The summed E-state index contributed by atoms with van der Waals surface area (Å²) in [6, 6.07) is 22.5. The van der Waals surface area contributed by atoms with Gasteiger partial charge in [-0.1, -0.05) is 54.6 Å². The highest BCUT2D eigenvalue weighted by molar-refractivity contribution is 5.99. The summed E-state index contributed by atoms with van der Waals surface area (Å²) in [6.07, 6.45) is 0.768. The maximum Gasteiger partial charge on any atom is 0.338 e. The number of ether oxygens (including phenoxy) is 1. The topological polar surface area (TPSA) is 55.4 Å². The number of nitrogens with one attached hydrogen (secondary N) is 1. The number of carbonyl (C=O) groups is 2. The van der Waals surface area contributed by atoms with Gasteiger partial charge in [0.2, 0.25) is 5.91 Å². The predicted molar refractivity (Wildman–Crippen MR) is 113 cm³/mol. The molecule has 0 radical (unpaired) electrons. The third-order valence-corrected chi connectivity index (χ3v) is 7.10. The highest BCUT2D eigenvalue weighted by Gasteiger charge is 2.53. The number of benzene rings is 3. The van der Waals surface area contributed by atoms with Crippen LogP contribution in [0, 0.1) is 5.41 Å². The lowest BCUT2D eigenvalue weighted by Crippen LogP contribution is -2.47. The molecule has 0 fully saturated rings. The normalized spacial score (nSPS) is 25.2. The molecule has 7 rings (SSSR count). The Balaban J connectivity index is 1.41. The number of anilines is 1. The first-order valence-corrected chi connectivity index (χ1v) is 10.4. The number of rotatable bonds is 2. The van der Waals surface area contributed by atoms with Gasteiger partial charge in [0, 0.05) is 23.1 Å². The molecule has 0 aromatic heterocycles. The van der Waals surface area contributed by atoms with Crippen molar-refractivity contribution in [3.05, 3.63) is 100 Å². The molecule has 30 heavy (non-hydrogen) atoms. The summed E-state index contributed by atoms with van der Waals surface area (Å²) in [5, 5.41) is 3.10. The van der Waals surface area contributed by atoms with Gasteiger partial charge < -0.3 is 10.1 Å². The summed E-state index contributed by atoms with van der Waals surface area (Å²) < 4.78 is 5.09. The lowest BCUT2D eigenvalue weighted by molar-refractivity contribution is -0.126. The Morgan fingerprint density at radius 2 is 1.60 bits per heavy atom. The average Bonchev–Trinajstić information content (AvgIpc) is 3.14. The fourth-order valence-corrected chi connectivity index (χ4v) is 5.65. The van der Waals surface area contributed by atoms with Crippen LogP contribution in [0.4, 0.5) is 5.69 Å². The summed E-state index contributed by atoms with van der Waals surface area (Å²) in [7, 11) is 0. The summed E-state index contributed by atoms with van der Waals surface area (Å²) in [6.45, 7) is 2.38. The van der Waals surface area contributed by atoms with Crippen molar-refractivity contribution < 1.29 is 14.3 Å². The van der Waals surface area contributed by atoms with E-state index < -0.39 is 5.41 Å². The second-order valence-corrected chi connectivity index (χ2v) is 8.77. The molecule has 1 amide bonds. The van der Waals surface area contributed by atoms with Gasteiger partial charge in [-0.3, -0.25) is 4.79 Å². The summed E-state index contributed by atoms with van der Waals surface area (Å²) in [5.74, 6) is -0.109. The summed E-state index contributed by atoms with van der Waals surface area (Å²) >= 11 is 0. The van der Waals surface area contributed by atoms with Crippen LogP contribution >= 0.6 is 0 Å². The molecule has 4 aliphatic rings. The van der Waals surface area contributed by atoms with Crippen molar-refractivity contribution in [2.45, 2.75) is 31.8 Å². The zero-order chi connectivity index (χ0) is 20.5. The lowest BCUT2D eigenvalue weighted by atomic mass is 9.52. The van der Waals surface area contributed by atoms with Crippen LogP contribution in [-0.2, 0) is 16.1 Å². The third-order valence-electron chi connectivity index (χ3n) is 7.10. The molecule has 3 aromatic rings. The lowest BCUT2D eigenvalue weighted by Gasteiger charge is -2.50. The van der Waals surface area contributed by atoms with Crippen LogP contribution in [0.25, 0.3) is 0 Å². The van der Waals surface area contributed by atoms with E-state index in [9.17, 15) is 9.59 Å². The maximum absolute atomic E-state index is 13.7. The number of hydrogen-bond donors (Lipinski definition) is 1. The van der Waals surface area contributed by atoms with Crippen LogP contribution in [0.3, 0.4) is 0 Å². The minimum atomic E-state index is -0.576. The Labute approximate surface area is 174 Å². The van der Waals surface area contributed by atoms with Crippen molar-refractivity contribution in [1.29, 1.82) is 0 Å². The highest BCUT2D eigenvalue weighted by Crippen LogP contribution is 2.61. The zero-order valence-corrected chi connectivity index (χ0v) is 16.6. The molecule has 0 saturated carbocycles. The molecule has 1 atom stereocenters. The number of amides is 1. The van der Waals surface area contributed by atoms with E-state index in [1.54, 1.807) is 6.07 Å². The van der Waals surface area contributed by atoms with Crippen molar-refractivity contribution >= 4 is 17.6 Å². The Kier molecular flexibility index (Phi) is 3.52. The summed E-state index contributed by atoms with van der Waals surface area (Å²) in [4.78, 5) is 25.6. The van der Waals surface area contributed by atoms with Crippen molar-refractivity contribution in [1.82, 2.24) is 0 Å². The SMILES string of the molecule is CC1(C(=O)Nc2ccc3c(c2)C(=O)OC3)CC2c3ccccc3C1c1ccccc12. The van der Waals surface area contributed by atoms with E-state index in [-0.39, 0.29) is 23.7 Å². The Bertz CT molecular complexity index is 1180. The van der Waals surface area contributed by atoms with Gasteiger partial charge in [-0.2, -0.15) is 0 Å². The van der Waals surface area contributed by atoms with Gasteiger partial charge in [0.25, 0.3) is 0 Å². The smallest absolute Gasteiger partial charge is 0.338 e. The molecule has 1 N–H and O–H groups in total. The van der Waals surface area contributed by atoms with E-state index in [0.29, 0.717) is 17.9 Å². The number of carbonyl (C=O) groups excluding carboxylic acids is 2. The zero-order valence-electron chi connectivity index (χ0n) is 16.6. The molecular formula is C26H21NO3. The Hall–Kier alpha value is -3.40. The van der Waals surface area contributed by atoms with E-state index in [1.165, 1.54) is 22.3 Å². The molecule has 1 unspecified atom stereocenters. The van der Waals surface area contributed by atoms with E-state index in [0.717, 1.165) is 12.0 Å². The first-order chi connectivity index (χ1) is 14.6. The number of hydrogen-bond acceptors (Lipinski definition) is 3. The number of esters is 1. The second kappa shape index (κ2) is 6.05. The van der Waals surface area contributed by atoms with Gasteiger partial charge in [-0.15, -0.1) is 0 Å². The molecule has 0 saturated heterocycles. The van der Waals surface area contributed by atoms with Crippen molar-refractivity contribution in [2.75, 3.05) is 5.32 Å². The number of cyclic esters (lactones) is 1. The van der Waals surface area contributed by atoms with Crippen LogP contribution in [0.5, 0.6) is 0 Å². The first-order valence-electron chi connectivity index (χ1n) is 10.4. The third kappa shape index (κ3) is 2.28. The Morgan fingerprint density at radius 1 is 0.967 bits per heavy atom. The predicted octanol–water partition coefficient (Wildman–Crippen LogP) is 4.98. The van der Waals surface area contributed by atoms with Gasteiger partial charge in [-0.25, -0.2) is 4.79 Å². The van der Waals surface area contributed by atoms with E-state index in [2.05, 4.69) is 60.8 Å². The molecule has 3 aromatic carbocycles. The van der Waals surface area contributed by atoms with Crippen molar-refractivity contribution in [3.63, 3.8) is 0 Å². The van der Waals surface area contributed by atoms with Crippen LogP contribution in [-0.4, -0.2) is 11.9 Å². The minimum absolute atomic E-state index is 0.00665. The molecule has 4 nitrogen and oxygen atoms in total. The van der Waals surface area contributed by atoms with Gasteiger partial charge in [0.1, 0.15) is 6.61 Å². The molecular weight excluding hydrogens is 374 g/mol. The molecule has 148 valence electrons. The highest BCUT2D eigenvalue weighted by atomic mass is 16.5. The molecule has 1 aliphatic heterocycles. The number of fused-ring (bicyclic) bond motifs is 2. The standard InChI is InChI=1S/C26H21NO3/c1-26(25(29)27-16-11-10-15-14-30-24(28)21(15)12-16)13-22-17-6-2-4-8-19(17)23(26)20-9-5-3-7-18(20)22/h2-12,22-23H,13-14H2,1H3,(H,27,29). The molecule has 0 spiro atoms. The molecule has 2 bridgehead atoms. The van der Waals surface area contributed by atoms with E-state index >= 15 is 0 Å². The van der Waals surface area contributed by atoms with Crippen LogP contribution in [0.1, 0.15) is 63.4 Å². The van der Waals surface area contributed by atoms with E-state index in [4.69, 9.17) is 4.74 Å². The van der Waals surface area contributed by atoms with Crippen LogP contribution in [0.2, 0.25) is 0 Å². The van der Waals surface area contributed by atoms with E-state index in [1.807, 2.05) is 12.1 Å². The molecule has 4 heteroatoms. The Morgan fingerprint density at radius 3 is 2.27 bits per heavy atom. The fourth-order valence-electron chi connectivity index (χ4n) is 5.65. The maximum atomic E-state index is 13.7. The summed E-state index contributed by atoms with van der Waals surface area (Å²) in [5.41, 5.74) is 6.65. The van der Waals surface area contributed by atoms with Crippen LogP contribution in [0.15, 0.2) is 66.7 Å². The monoisotopic (exact) mass is 395 g/mol. The van der Waals surface area contributed by atoms with Gasteiger partial charge in [0.15, 0.2) is 0 Å². The quantitative estimate of drug-likeness (QED) is 0.623. The van der Waals surface area contributed by atoms with Gasteiger partial charge in [0.05, 0.1) is 11.0 Å². The minimum Gasteiger partial charge on any atom is -0.457 e. The van der Waals surface area contributed by atoms with Gasteiger partial charge in [-0.05, 0) is 47.7 Å². The van der Waals surface area contributed by atoms with Gasteiger partial charge >= 0.3 is 5.97 Å². The van der Waals surface area contributed by atoms with Crippen molar-refractivity contribution in [2.24, 2.45) is 5.41 Å². The van der Waals surface area contributed by atoms with Crippen LogP contribution < -0.4 is 5.32 Å². The van der Waals surface area contributed by atoms with Crippen molar-refractivity contribution in [3.8, 4) is 0 Å².